The average Bonchev–Trinajstić information content (AvgIpc) is 2.59. The number of unbranched alkanes of at least 4 members (excludes halogenated alkanes) is 2. The fourth-order valence-electron chi connectivity index (χ4n) is 2.73. The molecule has 0 atom stereocenters. The molecule has 0 bridgehead atoms. The standard InChI is InChI=1S/C18H24F3N2O3/c1-2-3-4-8-22-9-11-23(12-10-22)17(24)25-14-15-6-5-7-16(13-15)26-18(19,20)21/h5-7,13H,1-4,8-12,14H2. The van der Waals surface area contributed by atoms with Gasteiger partial charge in [0, 0.05) is 26.2 Å². The normalized spacial score (nSPS) is 15.8. The smallest absolute Gasteiger partial charge is 0.445 e. The molecule has 1 aliphatic heterocycles. The molecule has 0 saturated carbocycles. The highest BCUT2D eigenvalue weighted by Gasteiger charge is 2.31. The van der Waals surface area contributed by atoms with Crippen molar-refractivity contribution in [3.63, 3.8) is 0 Å². The second-order valence-electron chi connectivity index (χ2n) is 6.14. The minimum atomic E-state index is -4.75. The Morgan fingerprint density at radius 3 is 2.54 bits per heavy atom. The van der Waals surface area contributed by atoms with Gasteiger partial charge >= 0.3 is 12.5 Å². The zero-order valence-corrected chi connectivity index (χ0v) is 14.6. The van der Waals surface area contributed by atoms with E-state index in [4.69, 9.17) is 4.74 Å². The Morgan fingerprint density at radius 2 is 1.88 bits per heavy atom. The predicted molar refractivity (Wildman–Crippen MR) is 90.5 cm³/mol. The summed E-state index contributed by atoms with van der Waals surface area (Å²) in [6, 6.07) is 5.42. The average molecular weight is 373 g/mol. The molecule has 0 spiro atoms. The van der Waals surface area contributed by atoms with Crippen LogP contribution < -0.4 is 4.74 Å². The molecule has 1 fully saturated rings. The van der Waals surface area contributed by atoms with Crippen molar-refractivity contribution < 1.29 is 27.4 Å². The summed E-state index contributed by atoms with van der Waals surface area (Å²) in [5.41, 5.74) is 0.437. The van der Waals surface area contributed by atoms with Crippen molar-refractivity contribution in [2.24, 2.45) is 0 Å². The van der Waals surface area contributed by atoms with Crippen LogP contribution in [-0.2, 0) is 11.3 Å². The van der Waals surface area contributed by atoms with Crippen molar-refractivity contribution in [2.45, 2.75) is 32.2 Å². The van der Waals surface area contributed by atoms with Crippen LogP contribution >= 0.6 is 0 Å². The van der Waals surface area contributed by atoms with Crippen LogP contribution in [0.2, 0.25) is 0 Å². The van der Waals surface area contributed by atoms with Crippen LogP contribution in [0.25, 0.3) is 0 Å². The highest BCUT2D eigenvalue weighted by atomic mass is 19.4. The maximum atomic E-state index is 12.2. The number of ether oxygens (including phenoxy) is 2. The molecule has 1 aromatic rings. The highest BCUT2D eigenvalue weighted by Crippen LogP contribution is 2.23. The Bertz CT molecular complexity index is 573. The number of hydrogen-bond acceptors (Lipinski definition) is 4. The van der Waals surface area contributed by atoms with Gasteiger partial charge in [-0.25, -0.2) is 4.79 Å². The van der Waals surface area contributed by atoms with Crippen molar-refractivity contribution >= 4 is 6.09 Å². The lowest BCUT2D eigenvalue weighted by Gasteiger charge is -2.34. The summed E-state index contributed by atoms with van der Waals surface area (Å²) in [5.74, 6) is -0.332. The van der Waals surface area contributed by atoms with Crippen LogP contribution in [0.4, 0.5) is 18.0 Å². The topological polar surface area (TPSA) is 42.0 Å². The van der Waals surface area contributed by atoms with Gasteiger partial charge in [0.1, 0.15) is 12.4 Å². The molecule has 1 saturated heterocycles. The molecular formula is C18H24F3N2O3. The second kappa shape index (κ2) is 9.66. The molecule has 0 aromatic heterocycles. The number of amides is 1. The monoisotopic (exact) mass is 373 g/mol. The molecule has 1 heterocycles. The molecule has 1 aromatic carbocycles. The van der Waals surface area contributed by atoms with Gasteiger partial charge in [-0.05, 0) is 30.7 Å². The lowest BCUT2D eigenvalue weighted by Crippen LogP contribution is -2.48. The third-order valence-electron chi connectivity index (χ3n) is 4.10. The van der Waals surface area contributed by atoms with Crippen LogP contribution in [0.15, 0.2) is 24.3 Å². The van der Waals surface area contributed by atoms with Gasteiger partial charge in [0.05, 0.1) is 0 Å². The lowest BCUT2D eigenvalue weighted by atomic mass is 10.2. The van der Waals surface area contributed by atoms with Crippen molar-refractivity contribution in [3.05, 3.63) is 36.8 Å². The molecule has 26 heavy (non-hydrogen) atoms. The van der Waals surface area contributed by atoms with E-state index < -0.39 is 12.5 Å². The molecule has 8 heteroatoms. The van der Waals surface area contributed by atoms with E-state index in [1.807, 2.05) is 0 Å². The van der Waals surface area contributed by atoms with Gasteiger partial charge in [0.25, 0.3) is 0 Å². The number of halogens is 3. The first-order chi connectivity index (χ1) is 12.4. The molecule has 1 aliphatic rings. The van der Waals surface area contributed by atoms with Gasteiger partial charge in [-0.2, -0.15) is 0 Å². The van der Waals surface area contributed by atoms with E-state index in [1.54, 1.807) is 11.0 Å². The third-order valence-corrected chi connectivity index (χ3v) is 4.10. The number of piperazine rings is 1. The molecule has 1 radical (unpaired) electrons. The SMILES string of the molecule is [CH2]CCCCN1CCN(C(=O)OCc2cccc(OC(F)(F)F)c2)CC1. The van der Waals surface area contributed by atoms with E-state index in [0.29, 0.717) is 18.7 Å². The molecule has 0 N–H and O–H groups in total. The maximum absolute atomic E-state index is 12.2. The molecule has 0 aliphatic carbocycles. The Labute approximate surface area is 151 Å². The molecule has 5 nitrogen and oxygen atoms in total. The molecular weight excluding hydrogens is 349 g/mol. The summed E-state index contributed by atoms with van der Waals surface area (Å²) in [4.78, 5) is 16.0. The minimum absolute atomic E-state index is 0.0996. The van der Waals surface area contributed by atoms with Gasteiger partial charge < -0.3 is 14.4 Å². The van der Waals surface area contributed by atoms with E-state index in [-0.39, 0.29) is 12.4 Å². The van der Waals surface area contributed by atoms with Crippen molar-refractivity contribution in [3.8, 4) is 5.75 Å². The van der Waals surface area contributed by atoms with Crippen molar-refractivity contribution in [2.75, 3.05) is 32.7 Å². The number of carbonyl (C=O) groups excluding carboxylic acids is 1. The summed E-state index contributed by atoms with van der Waals surface area (Å²) in [5, 5.41) is 0. The lowest BCUT2D eigenvalue weighted by molar-refractivity contribution is -0.274. The first-order valence-electron chi connectivity index (χ1n) is 8.65. The van der Waals surface area contributed by atoms with Gasteiger partial charge in [0.2, 0.25) is 0 Å². The Hall–Kier alpha value is -1.96. The van der Waals surface area contributed by atoms with Gasteiger partial charge in [-0.1, -0.05) is 31.9 Å². The van der Waals surface area contributed by atoms with E-state index in [2.05, 4.69) is 16.6 Å². The molecule has 0 unspecified atom stereocenters. The summed E-state index contributed by atoms with van der Waals surface area (Å²) in [6.45, 7) is 7.48. The quantitative estimate of drug-likeness (QED) is 0.681. The third kappa shape index (κ3) is 7.11. The highest BCUT2D eigenvalue weighted by molar-refractivity contribution is 5.67. The summed E-state index contributed by atoms with van der Waals surface area (Å²) in [6.07, 6.45) is -2.07. The number of benzene rings is 1. The molecule has 2 rings (SSSR count). The number of hydrogen-bond donors (Lipinski definition) is 0. The predicted octanol–water partition coefficient (Wildman–Crippen LogP) is 3.84. The van der Waals surface area contributed by atoms with Crippen LogP contribution in [0.5, 0.6) is 5.75 Å². The minimum Gasteiger partial charge on any atom is -0.445 e. The number of alkyl halides is 3. The van der Waals surface area contributed by atoms with Crippen LogP contribution in [0.3, 0.4) is 0 Å². The van der Waals surface area contributed by atoms with Gasteiger partial charge in [0.15, 0.2) is 0 Å². The van der Waals surface area contributed by atoms with Crippen molar-refractivity contribution in [1.82, 2.24) is 9.80 Å². The van der Waals surface area contributed by atoms with Gasteiger partial charge in [-0.3, -0.25) is 4.90 Å². The molecule has 1 amide bonds. The Balaban J connectivity index is 1.75. The zero-order valence-electron chi connectivity index (χ0n) is 14.6. The number of carbonyl (C=O) groups is 1. The Morgan fingerprint density at radius 1 is 1.15 bits per heavy atom. The van der Waals surface area contributed by atoms with E-state index >= 15 is 0 Å². The van der Waals surface area contributed by atoms with E-state index in [1.165, 1.54) is 18.2 Å². The summed E-state index contributed by atoms with van der Waals surface area (Å²) >= 11 is 0. The Kier molecular flexibility index (Phi) is 7.56. The van der Waals surface area contributed by atoms with Gasteiger partial charge in [-0.15, -0.1) is 13.2 Å². The fourth-order valence-corrected chi connectivity index (χ4v) is 2.73. The first-order valence-corrected chi connectivity index (χ1v) is 8.65. The van der Waals surface area contributed by atoms with Crippen LogP contribution in [-0.4, -0.2) is 55.0 Å². The maximum Gasteiger partial charge on any atom is 0.573 e. The van der Waals surface area contributed by atoms with Crippen LogP contribution in [0.1, 0.15) is 24.8 Å². The first kappa shape index (κ1) is 20.4. The van der Waals surface area contributed by atoms with E-state index in [9.17, 15) is 18.0 Å². The summed E-state index contributed by atoms with van der Waals surface area (Å²) < 4.78 is 45.8. The largest absolute Gasteiger partial charge is 0.573 e. The number of rotatable bonds is 7. The number of nitrogens with zero attached hydrogens (tertiary/aromatic N) is 2. The van der Waals surface area contributed by atoms with Crippen molar-refractivity contribution in [1.29, 1.82) is 0 Å². The zero-order chi connectivity index (χ0) is 19.0. The van der Waals surface area contributed by atoms with Crippen LogP contribution in [0, 0.1) is 6.92 Å². The van der Waals surface area contributed by atoms with E-state index in [0.717, 1.165) is 38.9 Å². The molecule has 145 valence electrons. The fraction of sp³-hybridized carbons (Fsp3) is 0.556. The summed E-state index contributed by atoms with van der Waals surface area (Å²) in [7, 11) is 0. The second-order valence-corrected chi connectivity index (χ2v) is 6.14.